The van der Waals surface area contributed by atoms with Crippen LogP contribution in [0.2, 0.25) is 0 Å². The SMILES string of the molecule is Cn1c(C2CCCCC2)nc2cc(CCl)ccc21. The second-order valence-electron chi connectivity index (χ2n) is 5.32. The zero-order chi connectivity index (χ0) is 12.5. The van der Waals surface area contributed by atoms with Gasteiger partial charge in [-0.2, -0.15) is 0 Å². The Balaban J connectivity index is 2.04. The first-order valence-corrected chi connectivity index (χ1v) is 7.34. The fraction of sp³-hybridized carbons (Fsp3) is 0.533. The summed E-state index contributed by atoms with van der Waals surface area (Å²) >= 11 is 5.89. The number of hydrogen-bond acceptors (Lipinski definition) is 1. The molecule has 0 unspecified atom stereocenters. The summed E-state index contributed by atoms with van der Waals surface area (Å²) in [5.74, 6) is 2.47. The summed E-state index contributed by atoms with van der Waals surface area (Å²) in [6.07, 6.45) is 6.66. The van der Waals surface area contributed by atoms with E-state index in [1.54, 1.807) is 0 Å². The highest BCUT2D eigenvalue weighted by Gasteiger charge is 2.20. The Morgan fingerprint density at radius 1 is 1.28 bits per heavy atom. The summed E-state index contributed by atoms with van der Waals surface area (Å²) in [6.45, 7) is 0. The molecule has 0 spiro atoms. The van der Waals surface area contributed by atoms with Gasteiger partial charge in [0.2, 0.25) is 0 Å². The fourth-order valence-electron chi connectivity index (χ4n) is 3.07. The Hall–Kier alpha value is -1.02. The van der Waals surface area contributed by atoms with Gasteiger partial charge in [0.05, 0.1) is 11.0 Å². The second-order valence-corrected chi connectivity index (χ2v) is 5.59. The van der Waals surface area contributed by atoms with E-state index < -0.39 is 0 Å². The molecule has 0 atom stereocenters. The van der Waals surface area contributed by atoms with E-state index in [0.717, 1.165) is 11.1 Å². The summed E-state index contributed by atoms with van der Waals surface area (Å²) < 4.78 is 2.27. The van der Waals surface area contributed by atoms with Crippen LogP contribution in [0, 0.1) is 0 Å². The van der Waals surface area contributed by atoms with Gasteiger partial charge in [0.1, 0.15) is 5.82 Å². The van der Waals surface area contributed by atoms with Crippen LogP contribution in [0.1, 0.15) is 49.4 Å². The number of nitrogens with zero attached hydrogens (tertiary/aromatic N) is 2. The molecule has 1 saturated carbocycles. The highest BCUT2D eigenvalue weighted by atomic mass is 35.5. The zero-order valence-corrected chi connectivity index (χ0v) is 11.6. The van der Waals surface area contributed by atoms with Gasteiger partial charge in [-0.15, -0.1) is 11.6 Å². The van der Waals surface area contributed by atoms with Gasteiger partial charge in [0, 0.05) is 18.8 Å². The van der Waals surface area contributed by atoms with Crippen LogP contribution in [0.3, 0.4) is 0 Å². The molecule has 2 aromatic rings. The van der Waals surface area contributed by atoms with Gasteiger partial charge >= 0.3 is 0 Å². The molecule has 0 amide bonds. The molecule has 3 rings (SSSR count). The Morgan fingerprint density at radius 3 is 2.78 bits per heavy atom. The second kappa shape index (κ2) is 4.93. The van der Waals surface area contributed by atoms with Crippen LogP contribution in [-0.2, 0) is 12.9 Å². The smallest absolute Gasteiger partial charge is 0.112 e. The molecule has 1 fully saturated rings. The van der Waals surface area contributed by atoms with Crippen molar-refractivity contribution in [1.29, 1.82) is 0 Å². The topological polar surface area (TPSA) is 17.8 Å². The summed E-state index contributed by atoms with van der Waals surface area (Å²) in [5, 5.41) is 0. The third-order valence-electron chi connectivity index (χ3n) is 4.10. The molecular formula is C15H19ClN2. The molecule has 1 aromatic carbocycles. The van der Waals surface area contributed by atoms with Crippen LogP contribution in [0.4, 0.5) is 0 Å². The standard InChI is InChI=1S/C15H19ClN2/c1-18-14-8-7-11(10-16)9-13(14)17-15(18)12-5-3-2-4-6-12/h7-9,12H,2-6,10H2,1H3. The first-order chi connectivity index (χ1) is 8.79. The van der Waals surface area contributed by atoms with Gasteiger partial charge in [-0.1, -0.05) is 25.3 Å². The number of fused-ring (bicyclic) bond motifs is 1. The number of imidazole rings is 1. The maximum atomic E-state index is 5.89. The molecule has 0 saturated heterocycles. The summed E-state index contributed by atoms with van der Waals surface area (Å²) in [4.78, 5) is 4.85. The lowest BCUT2D eigenvalue weighted by atomic mass is 9.89. The first kappa shape index (κ1) is 12.0. The van der Waals surface area contributed by atoms with Crippen molar-refractivity contribution in [3.05, 3.63) is 29.6 Å². The molecule has 0 radical (unpaired) electrons. The van der Waals surface area contributed by atoms with Crippen molar-refractivity contribution in [2.75, 3.05) is 0 Å². The molecule has 0 bridgehead atoms. The van der Waals surface area contributed by atoms with Gasteiger partial charge < -0.3 is 4.57 Å². The van der Waals surface area contributed by atoms with Crippen molar-refractivity contribution in [2.45, 2.75) is 43.9 Å². The third-order valence-corrected chi connectivity index (χ3v) is 4.41. The van der Waals surface area contributed by atoms with Crippen LogP contribution < -0.4 is 0 Å². The van der Waals surface area contributed by atoms with E-state index in [2.05, 4.69) is 29.8 Å². The monoisotopic (exact) mass is 262 g/mol. The van der Waals surface area contributed by atoms with Crippen molar-refractivity contribution < 1.29 is 0 Å². The van der Waals surface area contributed by atoms with E-state index in [0.29, 0.717) is 11.8 Å². The molecular weight excluding hydrogens is 244 g/mol. The number of hydrogen-bond donors (Lipinski definition) is 0. The molecule has 2 nitrogen and oxygen atoms in total. The van der Waals surface area contributed by atoms with Gasteiger partial charge in [-0.3, -0.25) is 0 Å². The highest BCUT2D eigenvalue weighted by molar-refractivity contribution is 6.17. The number of benzene rings is 1. The normalized spacial score (nSPS) is 17.4. The van der Waals surface area contributed by atoms with Gasteiger partial charge in [0.15, 0.2) is 0 Å². The van der Waals surface area contributed by atoms with Crippen LogP contribution in [0.5, 0.6) is 0 Å². The van der Waals surface area contributed by atoms with Crippen LogP contribution in [-0.4, -0.2) is 9.55 Å². The average molecular weight is 263 g/mol. The minimum Gasteiger partial charge on any atom is -0.331 e. The lowest BCUT2D eigenvalue weighted by molar-refractivity contribution is 0.423. The molecule has 1 aliphatic carbocycles. The molecule has 1 heterocycles. The largest absolute Gasteiger partial charge is 0.331 e. The fourth-order valence-corrected chi connectivity index (χ4v) is 3.24. The van der Waals surface area contributed by atoms with E-state index in [9.17, 15) is 0 Å². The van der Waals surface area contributed by atoms with Crippen LogP contribution >= 0.6 is 11.6 Å². The lowest BCUT2D eigenvalue weighted by Gasteiger charge is -2.20. The molecule has 96 valence electrons. The van der Waals surface area contributed by atoms with Crippen molar-refractivity contribution in [2.24, 2.45) is 7.05 Å². The van der Waals surface area contributed by atoms with Crippen LogP contribution in [0.25, 0.3) is 11.0 Å². The minimum atomic E-state index is 0.561. The number of aromatic nitrogens is 2. The van der Waals surface area contributed by atoms with Gasteiger partial charge in [-0.05, 0) is 30.5 Å². The number of rotatable bonds is 2. The Labute approximate surface area is 113 Å². The van der Waals surface area contributed by atoms with Crippen molar-refractivity contribution in [1.82, 2.24) is 9.55 Å². The molecule has 0 N–H and O–H groups in total. The maximum Gasteiger partial charge on any atom is 0.112 e. The predicted octanol–water partition coefficient (Wildman–Crippen LogP) is 4.36. The lowest BCUT2D eigenvalue weighted by Crippen LogP contribution is -2.09. The zero-order valence-electron chi connectivity index (χ0n) is 10.8. The summed E-state index contributed by atoms with van der Waals surface area (Å²) in [5.41, 5.74) is 3.47. The average Bonchev–Trinajstić information content (AvgIpc) is 2.76. The van der Waals surface area contributed by atoms with Gasteiger partial charge in [-0.25, -0.2) is 4.98 Å². The predicted molar refractivity (Wildman–Crippen MR) is 76.1 cm³/mol. The van der Waals surface area contributed by atoms with E-state index >= 15 is 0 Å². The van der Waals surface area contributed by atoms with Crippen molar-refractivity contribution in [3.63, 3.8) is 0 Å². The molecule has 0 aliphatic heterocycles. The highest BCUT2D eigenvalue weighted by Crippen LogP contribution is 2.33. The maximum absolute atomic E-state index is 5.89. The Morgan fingerprint density at radius 2 is 2.06 bits per heavy atom. The van der Waals surface area contributed by atoms with E-state index in [1.807, 2.05) is 0 Å². The van der Waals surface area contributed by atoms with Gasteiger partial charge in [0.25, 0.3) is 0 Å². The summed E-state index contributed by atoms with van der Waals surface area (Å²) in [7, 11) is 2.14. The van der Waals surface area contributed by atoms with Crippen LogP contribution in [0.15, 0.2) is 18.2 Å². The quantitative estimate of drug-likeness (QED) is 0.736. The minimum absolute atomic E-state index is 0.561. The third kappa shape index (κ3) is 2.03. The number of alkyl halides is 1. The van der Waals surface area contributed by atoms with E-state index in [-0.39, 0.29) is 0 Å². The summed E-state index contributed by atoms with van der Waals surface area (Å²) in [6, 6.07) is 6.36. The molecule has 3 heteroatoms. The van der Waals surface area contributed by atoms with Crippen molar-refractivity contribution in [3.8, 4) is 0 Å². The first-order valence-electron chi connectivity index (χ1n) is 6.81. The molecule has 1 aromatic heterocycles. The Bertz CT molecular complexity index is 553. The van der Waals surface area contributed by atoms with Crippen molar-refractivity contribution >= 4 is 22.6 Å². The molecule has 1 aliphatic rings. The number of aryl methyl sites for hydroxylation is 1. The molecule has 18 heavy (non-hydrogen) atoms. The Kier molecular flexibility index (Phi) is 3.29. The van der Waals surface area contributed by atoms with E-state index in [4.69, 9.17) is 16.6 Å². The number of halogens is 1. The van der Waals surface area contributed by atoms with E-state index in [1.165, 1.54) is 43.4 Å².